The fourth-order valence-electron chi connectivity index (χ4n) is 3.98. The number of halogens is 1. The van der Waals surface area contributed by atoms with Crippen molar-refractivity contribution in [2.24, 2.45) is 0 Å². The normalized spacial score (nSPS) is 18.5. The van der Waals surface area contributed by atoms with Crippen molar-refractivity contribution in [2.75, 3.05) is 27.2 Å². The molecule has 1 amide bonds. The van der Waals surface area contributed by atoms with Crippen molar-refractivity contribution in [3.63, 3.8) is 0 Å². The molecule has 0 radical (unpaired) electrons. The molecule has 1 atom stereocenters. The minimum absolute atomic E-state index is 0.130. The van der Waals surface area contributed by atoms with E-state index >= 15 is 0 Å². The largest absolute Gasteiger partial charge is 0.871 e. The molecule has 1 N–H and O–H groups in total. The minimum Gasteiger partial charge on any atom is -0.871 e. The Kier molecular flexibility index (Phi) is 5.32. The lowest BCUT2D eigenvalue weighted by molar-refractivity contribution is -0.857. The number of pyridine rings is 1. The number of Topliss-reactive ketones (excluding diaryl/α,β-unsaturated/α-hetero) is 1. The number of carbonyl (C=O) groups is 2. The quantitative estimate of drug-likeness (QED) is 0.361. The van der Waals surface area contributed by atoms with E-state index in [9.17, 15) is 19.1 Å². The molecule has 1 unspecified atom stereocenters. The van der Waals surface area contributed by atoms with E-state index in [0.29, 0.717) is 17.9 Å². The maximum atomic E-state index is 14.8. The van der Waals surface area contributed by atoms with Crippen LogP contribution in [0.5, 0.6) is 0 Å². The van der Waals surface area contributed by atoms with Crippen molar-refractivity contribution in [3.8, 4) is 0 Å². The van der Waals surface area contributed by atoms with Crippen molar-refractivity contribution >= 4 is 23.1 Å². The molecule has 0 bridgehead atoms. The summed E-state index contributed by atoms with van der Waals surface area (Å²) in [6, 6.07) is 10.1. The molecule has 160 valence electrons. The molecular formula is C23H23FN4O3. The van der Waals surface area contributed by atoms with Gasteiger partial charge in [-0.1, -0.05) is 30.0 Å². The van der Waals surface area contributed by atoms with Crippen LogP contribution >= 0.6 is 0 Å². The van der Waals surface area contributed by atoms with E-state index in [1.807, 2.05) is 14.1 Å². The molecule has 1 aliphatic rings. The average Bonchev–Trinajstić information content (AvgIpc) is 3.20. The molecule has 4 rings (SSSR count). The molecule has 2 aromatic heterocycles. The Hall–Kier alpha value is -3.52. The number of hydrogen-bond donors (Lipinski definition) is 1. The first kappa shape index (κ1) is 20.7. The number of fused-ring (bicyclic) bond motifs is 1. The number of ketones is 1. The number of aromatic nitrogens is 2. The Morgan fingerprint density at radius 3 is 2.58 bits per heavy atom. The summed E-state index contributed by atoms with van der Waals surface area (Å²) in [5.41, 5.74) is 1.08. The molecule has 1 saturated heterocycles. The van der Waals surface area contributed by atoms with Gasteiger partial charge in [-0.15, -0.1) is 0 Å². The molecular weight excluding hydrogens is 399 g/mol. The number of likely N-dealkylation sites (tertiary alicyclic amines) is 1. The van der Waals surface area contributed by atoms with Gasteiger partial charge in [0.05, 0.1) is 44.6 Å². The topological polar surface area (TPSA) is 82.2 Å². The van der Waals surface area contributed by atoms with Crippen molar-refractivity contribution in [3.05, 3.63) is 77.0 Å². The summed E-state index contributed by atoms with van der Waals surface area (Å²) in [6.07, 6.45) is 1.68. The predicted molar refractivity (Wildman–Crippen MR) is 110 cm³/mol. The summed E-state index contributed by atoms with van der Waals surface area (Å²) >= 11 is 0. The Balaban J connectivity index is 1.95. The lowest BCUT2D eigenvalue weighted by Crippen LogP contribution is -3.06. The maximum absolute atomic E-state index is 14.8. The van der Waals surface area contributed by atoms with Crippen molar-refractivity contribution < 1.29 is 24.0 Å². The highest BCUT2D eigenvalue weighted by Gasteiger charge is 2.45. The van der Waals surface area contributed by atoms with E-state index in [2.05, 4.69) is 4.98 Å². The third kappa shape index (κ3) is 3.48. The van der Waals surface area contributed by atoms with E-state index in [4.69, 9.17) is 0 Å². The number of rotatable bonds is 5. The van der Waals surface area contributed by atoms with Crippen LogP contribution in [0.15, 0.2) is 54.2 Å². The zero-order valence-corrected chi connectivity index (χ0v) is 17.6. The van der Waals surface area contributed by atoms with Crippen molar-refractivity contribution in [1.29, 1.82) is 0 Å². The van der Waals surface area contributed by atoms with E-state index in [1.54, 1.807) is 41.8 Å². The number of likely N-dealkylation sites (N-methyl/N-ethyl adjacent to an activating group) is 1. The number of aryl methyl sites for hydroxylation is 1. The molecule has 3 heterocycles. The van der Waals surface area contributed by atoms with Crippen LogP contribution in [0.4, 0.5) is 4.39 Å². The molecule has 0 saturated carbocycles. The van der Waals surface area contributed by atoms with Crippen LogP contribution in [0.1, 0.15) is 23.0 Å². The predicted octanol–water partition coefficient (Wildman–Crippen LogP) is 0.150. The highest BCUT2D eigenvalue weighted by molar-refractivity contribution is 6.46. The van der Waals surface area contributed by atoms with Gasteiger partial charge in [0.15, 0.2) is 0 Å². The number of nitrogens with one attached hydrogen (secondary N) is 1. The molecule has 7 nitrogen and oxygen atoms in total. The van der Waals surface area contributed by atoms with Crippen LogP contribution in [0.3, 0.4) is 0 Å². The van der Waals surface area contributed by atoms with E-state index < -0.39 is 29.3 Å². The molecule has 1 aliphatic heterocycles. The minimum atomic E-state index is -1.08. The summed E-state index contributed by atoms with van der Waals surface area (Å²) in [5.74, 6) is -2.86. The van der Waals surface area contributed by atoms with Crippen LogP contribution in [0.25, 0.3) is 11.4 Å². The number of amides is 1. The van der Waals surface area contributed by atoms with Gasteiger partial charge in [0.2, 0.25) is 5.78 Å². The highest BCUT2D eigenvalue weighted by atomic mass is 19.1. The molecule has 3 aromatic rings. The molecule has 1 fully saturated rings. The monoisotopic (exact) mass is 422 g/mol. The first-order chi connectivity index (χ1) is 14.8. The fraction of sp³-hybridized carbons (Fsp3) is 0.261. The summed E-state index contributed by atoms with van der Waals surface area (Å²) < 4.78 is 16.4. The number of benzene rings is 1. The standard InChI is InChI=1S/C23H23FN4O3/c1-14-19(27-11-7-6-10-17(27)25-14)21(29)18-20(15-8-4-5-9-16(15)24)28(13-12-26(2)3)23(31)22(18)30/h4-11,20,29H,12-13H2,1-3H3. The average molecular weight is 422 g/mol. The van der Waals surface area contributed by atoms with Crippen molar-refractivity contribution in [1.82, 2.24) is 14.3 Å². The van der Waals surface area contributed by atoms with Gasteiger partial charge in [-0.05, 0) is 25.1 Å². The van der Waals surface area contributed by atoms with Crippen molar-refractivity contribution in [2.45, 2.75) is 13.0 Å². The maximum Gasteiger partial charge on any atom is 0.295 e. The summed E-state index contributed by atoms with van der Waals surface area (Å²) in [7, 11) is 3.83. The van der Waals surface area contributed by atoms with Gasteiger partial charge in [-0.2, -0.15) is 0 Å². The fourth-order valence-corrected chi connectivity index (χ4v) is 3.98. The van der Waals surface area contributed by atoms with Crippen LogP contribution in [0.2, 0.25) is 0 Å². The number of imidazole rings is 1. The third-order valence-corrected chi connectivity index (χ3v) is 5.50. The Labute approximate surface area is 179 Å². The number of quaternary nitrogens is 1. The van der Waals surface area contributed by atoms with Gasteiger partial charge < -0.3 is 19.3 Å². The molecule has 0 aliphatic carbocycles. The summed E-state index contributed by atoms with van der Waals surface area (Å²) in [4.78, 5) is 32.7. The van der Waals surface area contributed by atoms with Gasteiger partial charge in [-0.25, -0.2) is 9.37 Å². The second kappa shape index (κ2) is 7.96. The van der Waals surface area contributed by atoms with E-state index in [1.165, 1.54) is 23.1 Å². The number of hydrogen-bond acceptors (Lipinski definition) is 4. The first-order valence-corrected chi connectivity index (χ1v) is 10.0. The third-order valence-electron chi connectivity index (χ3n) is 5.50. The number of nitrogens with zero attached hydrogens (tertiary/aromatic N) is 3. The van der Waals surface area contributed by atoms with Gasteiger partial charge >= 0.3 is 0 Å². The van der Waals surface area contributed by atoms with Gasteiger partial charge in [0.1, 0.15) is 11.5 Å². The second-order valence-corrected chi connectivity index (χ2v) is 7.93. The van der Waals surface area contributed by atoms with E-state index in [0.717, 1.165) is 4.90 Å². The van der Waals surface area contributed by atoms with Crippen LogP contribution in [-0.4, -0.2) is 53.2 Å². The molecule has 1 aromatic carbocycles. The zero-order chi connectivity index (χ0) is 22.3. The van der Waals surface area contributed by atoms with Crippen LogP contribution in [-0.2, 0) is 9.59 Å². The van der Waals surface area contributed by atoms with Crippen LogP contribution in [0, 0.1) is 12.7 Å². The first-order valence-electron chi connectivity index (χ1n) is 10.0. The Morgan fingerprint density at radius 2 is 1.87 bits per heavy atom. The van der Waals surface area contributed by atoms with E-state index in [-0.39, 0.29) is 23.4 Å². The summed E-state index contributed by atoms with van der Waals surface area (Å²) in [5, 5.41) is 13.7. The summed E-state index contributed by atoms with van der Waals surface area (Å²) in [6.45, 7) is 2.43. The second-order valence-electron chi connectivity index (χ2n) is 7.93. The van der Waals surface area contributed by atoms with Crippen LogP contribution < -0.4 is 10.0 Å². The Bertz CT molecular complexity index is 1210. The lowest BCUT2D eigenvalue weighted by Gasteiger charge is -2.28. The molecule has 0 spiro atoms. The van der Waals surface area contributed by atoms with Gasteiger partial charge in [0, 0.05) is 17.3 Å². The van der Waals surface area contributed by atoms with Gasteiger partial charge in [0.25, 0.3) is 5.91 Å². The lowest BCUT2D eigenvalue weighted by atomic mass is 9.96. The highest BCUT2D eigenvalue weighted by Crippen LogP contribution is 2.39. The Morgan fingerprint density at radius 1 is 1.16 bits per heavy atom. The SMILES string of the molecule is Cc1nc2ccccn2c1C([O-])=C1C(=O)C(=O)N(CC[NH+](C)C)C1c1ccccc1F. The zero-order valence-electron chi connectivity index (χ0n) is 17.6. The van der Waals surface area contributed by atoms with Gasteiger partial charge in [-0.3, -0.25) is 9.59 Å². The molecule has 8 heteroatoms. The smallest absolute Gasteiger partial charge is 0.295 e. The number of carbonyl (C=O) groups excluding carboxylic acids is 2. The molecule has 31 heavy (non-hydrogen) atoms.